The number of nitrogens with one attached hydrogen (secondary N) is 1. The van der Waals surface area contributed by atoms with Crippen molar-refractivity contribution in [1.29, 1.82) is 0 Å². The second-order valence-electron chi connectivity index (χ2n) is 5.60. The summed E-state index contributed by atoms with van der Waals surface area (Å²) >= 11 is 6.41. The van der Waals surface area contributed by atoms with E-state index in [2.05, 4.69) is 21.8 Å². The maximum absolute atomic E-state index is 11.9. The summed E-state index contributed by atoms with van der Waals surface area (Å²) in [7, 11) is 0. The lowest BCUT2D eigenvalue weighted by atomic mass is 9.98. The molecule has 0 aromatic carbocycles. The highest BCUT2D eigenvalue weighted by atomic mass is 35.5. The van der Waals surface area contributed by atoms with Crippen LogP contribution in [0.15, 0.2) is 17.1 Å². The lowest BCUT2D eigenvalue weighted by molar-refractivity contribution is -0.368. The van der Waals surface area contributed by atoms with Gasteiger partial charge >= 0.3 is 5.97 Å². The van der Waals surface area contributed by atoms with Gasteiger partial charge in [-0.15, -0.1) is 5.92 Å². The second-order valence-corrected chi connectivity index (χ2v) is 6.22. The van der Waals surface area contributed by atoms with Crippen LogP contribution in [-0.2, 0) is 4.74 Å². The molecule has 3 rings (SSSR count). The van der Waals surface area contributed by atoms with Crippen LogP contribution in [0.2, 0.25) is 0 Å². The molecule has 1 fully saturated rings. The van der Waals surface area contributed by atoms with E-state index in [4.69, 9.17) is 22.1 Å². The predicted molar refractivity (Wildman–Crippen MR) is 86.1 cm³/mol. The summed E-state index contributed by atoms with van der Waals surface area (Å²) in [5.74, 6) is 1.55. The molecule has 0 radical (unpaired) electrons. The predicted octanol–water partition coefficient (Wildman–Crippen LogP) is -1.80. The van der Waals surface area contributed by atoms with Crippen molar-refractivity contribution < 1.29 is 25.2 Å². The van der Waals surface area contributed by atoms with Crippen LogP contribution in [0.25, 0.3) is 11.0 Å². The third kappa shape index (κ3) is 2.67. The van der Waals surface area contributed by atoms with Crippen molar-refractivity contribution in [1.82, 2.24) is 14.5 Å². The first-order valence-corrected chi connectivity index (χ1v) is 7.47. The minimum Gasteiger partial charge on any atom is -0.387 e. The van der Waals surface area contributed by atoms with Gasteiger partial charge in [0.25, 0.3) is 5.56 Å². The fourth-order valence-electron chi connectivity index (χ4n) is 2.83. The van der Waals surface area contributed by atoms with Gasteiger partial charge < -0.3 is 35.5 Å². The number of nitrogens with zero attached hydrogens (tertiary/aromatic N) is 2. The molecule has 1 aliphatic rings. The van der Waals surface area contributed by atoms with Crippen molar-refractivity contribution in [3.8, 4) is 11.8 Å². The van der Waals surface area contributed by atoms with Gasteiger partial charge in [0.05, 0.1) is 5.39 Å². The maximum atomic E-state index is 11.9. The van der Waals surface area contributed by atoms with E-state index in [1.165, 1.54) is 23.8 Å². The van der Waals surface area contributed by atoms with Crippen LogP contribution in [0.5, 0.6) is 0 Å². The average molecular weight is 371 g/mol. The minimum atomic E-state index is -3.36. The van der Waals surface area contributed by atoms with E-state index < -0.39 is 34.8 Å². The minimum absolute atomic E-state index is 0.0847. The Morgan fingerprint density at radius 1 is 1.52 bits per heavy atom. The molecule has 1 saturated heterocycles. The van der Waals surface area contributed by atoms with Gasteiger partial charge in [0.15, 0.2) is 22.9 Å². The summed E-state index contributed by atoms with van der Waals surface area (Å²) in [6.45, 7) is 1.46. The fraction of sp³-hybridized carbons (Fsp3) is 0.429. The molecular weight excluding hydrogens is 356 g/mol. The number of hydrogen-bond donors (Lipinski definition) is 6. The summed E-state index contributed by atoms with van der Waals surface area (Å²) in [4.78, 5) is 16.4. The zero-order chi connectivity index (χ0) is 18.6. The molecule has 134 valence electrons. The number of nitrogens with two attached hydrogens (primary N) is 1. The van der Waals surface area contributed by atoms with Crippen LogP contribution < -0.4 is 11.3 Å². The lowest BCUT2D eigenvalue weighted by Gasteiger charge is -2.26. The topological polar surface area (TPSA) is 167 Å². The number of fused-ring (bicyclic) bond motifs is 1. The number of aromatic nitrogens is 3. The van der Waals surface area contributed by atoms with Crippen molar-refractivity contribution >= 4 is 28.6 Å². The Balaban J connectivity index is 2.21. The molecule has 4 unspecified atom stereocenters. The zero-order valence-electron chi connectivity index (χ0n) is 12.8. The monoisotopic (exact) mass is 370 g/mol. The van der Waals surface area contributed by atoms with Gasteiger partial charge in [0.1, 0.15) is 6.10 Å². The Labute approximate surface area is 145 Å². The number of hydrogen-bond acceptors (Lipinski definition) is 8. The van der Waals surface area contributed by atoms with Crippen LogP contribution in [0.3, 0.4) is 0 Å². The van der Waals surface area contributed by atoms with E-state index in [9.17, 15) is 25.2 Å². The van der Waals surface area contributed by atoms with E-state index >= 15 is 0 Å². The Morgan fingerprint density at radius 3 is 2.80 bits per heavy atom. The molecule has 2 aromatic rings. The normalized spacial score (nSPS) is 29.6. The summed E-state index contributed by atoms with van der Waals surface area (Å²) < 4.78 is 6.65. The van der Waals surface area contributed by atoms with Crippen molar-refractivity contribution in [2.45, 2.75) is 36.2 Å². The number of nitrogen functional groups attached to an aromatic ring is 1. The van der Waals surface area contributed by atoms with Gasteiger partial charge in [0, 0.05) is 6.20 Å². The number of alkyl halides is 1. The number of ether oxygens (including phenoxy) is 1. The molecule has 3 heterocycles. The first-order chi connectivity index (χ1) is 11.6. The largest absolute Gasteiger partial charge is 0.387 e. The van der Waals surface area contributed by atoms with E-state index in [0.717, 1.165) is 0 Å². The first kappa shape index (κ1) is 17.7. The molecule has 11 heteroatoms. The van der Waals surface area contributed by atoms with Crippen molar-refractivity contribution in [2.24, 2.45) is 0 Å². The highest BCUT2D eigenvalue weighted by Gasteiger charge is 2.61. The molecule has 0 amide bonds. The zero-order valence-corrected chi connectivity index (χ0v) is 13.6. The molecule has 25 heavy (non-hydrogen) atoms. The summed E-state index contributed by atoms with van der Waals surface area (Å²) in [5, 5.41) is 38.8. The molecule has 2 aromatic heterocycles. The highest BCUT2D eigenvalue weighted by molar-refractivity contribution is 6.27. The van der Waals surface area contributed by atoms with Gasteiger partial charge in [-0.1, -0.05) is 17.5 Å². The van der Waals surface area contributed by atoms with Gasteiger partial charge in [-0.2, -0.15) is 4.98 Å². The number of rotatable bonds is 2. The van der Waals surface area contributed by atoms with Crippen LogP contribution in [0, 0.1) is 11.8 Å². The lowest BCUT2D eigenvalue weighted by Crippen LogP contribution is -2.51. The molecule has 7 N–H and O–H groups in total. The summed E-state index contributed by atoms with van der Waals surface area (Å²) in [6.07, 6.45) is -3.57. The van der Waals surface area contributed by atoms with E-state index in [0.29, 0.717) is 0 Å². The molecule has 0 spiro atoms. The number of H-pyrrole nitrogens is 1. The standard InChI is InChI=1S/C14H15ClN4O6/c1-2-4-13(15)7(20)8(14(22,23)24)25-11(13)19-5-3-6-9(19)17-12(16)18-10(6)21/h3,5,7-8,11,20,22-24H,1H3,(H3,16,17,18,21). The number of halogens is 1. The van der Waals surface area contributed by atoms with E-state index in [-0.39, 0.29) is 17.0 Å². The molecular formula is C14H15ClN4O6. The number of anilines is 1. The third-order valence-electron chi connectivity index (χ3n) is 3.90. The number of aromatic amines is 1. The molecule has 0 saturated carbocycles. The van der Waals surface area contributed by atoms with Gasteiger partial charge in [0.2, 0.25) is 5.95 Å². The maximum Gasteiger partial charge on any atom is 0.306 e. The molecule has 1 aliphatic heterocycles. The average Bonchev–Trinajstić information content (AvgIpc) is 3.00. The van der Waals surface area contributed by atoms with Crippen LogP contribution in [0.1, 0.15) is 13.2 Å². The second kappa shape index (κ2) is 5.70. The summed E-state index contributed by atoms with van der Waals surface area (Å²) in [6, 6.07) is 1.42. The fourth-order valence-corrected chi connectivity index (χ4v) is 3.19. The molecule has 10 nitrogen and oxygen atoms in total. The van der Waals surface area contributed by atoms with Crippen molar-refractivity contribution in [3.63, 3.8) is 0 Å². The van der Waals surface area contributed by atoms with Crippen molar-refractivity contribution in [3.05, 3.63) is 22.6 Å². The Morgan fingerprint density at radius 2 is 2.20 bits per heavy atom. The Kier molecular flexibility index (Phi) is 4.03. The van der Waals surface area contributed by atoms with Crippen LogP contribution in [0.4, 0.5) is 5.95 Å². The number of aliphatic hydroxyl groups excluding tert-OH is 1. The molecule has 4 atom stereocenters. The quantitative estimate of drug-likeness (QED) is 0.204. The SMILES string of the molecule is CC#CC1(Cl)C(O)C(C(O)(O)O)OC1n1ccc2c(=O)[nH]c(N)nc21. The molecule has 0 aliphatic carbocycles. The van der Waals surface area contributed by atoms with Gasteiger partial charge in [-0.3, -0.25) is 9.78 Å². The smallest absolute Gasteiger partial charge is 0.306 e. The van der Waals surface area contributed by atoms with Crippen LogP contribution >= 0.6 is 11.6 Å². The van der Waals surface area contributed by atoms with Gasteiger partial charge in [-0.05, 0) is 13.0 Å². The summed E-state index contributed by atoms with van der Waals surface area (Å²) in [5.41, 5.74) is 5.13. The highest BCUT2D eigenvalue weighted by Crippen LogP contribution is 2.46. The van der Waals surface area contributed by atoms with Crippen molar-refractivity contribution in [2.75, 3.05) is 5.73 Å². The van der Waals surface area contributed by atoms with Gasteiger partial charge in [-0.25, -0.2) is 0 Å². The molecule has 0 bridgehead atoms. The van der Waals surface area contributed by atoms with Crippen LogP contribution in [-0.4, -0.2) is 58.0 Å². The van der Waals surface area contributed by atoms with E-state index in [1.54, 1.807) is 0 Å². The third-order valence-corrected chi connectivity index (χ3v) is 4.41. The Hall–Kier alpha value is -2.13. The number of aliphatic hydroxyl groups is 4. The van der Waals surface area contributed by atoms with E-state index in [1.807, 2.05) is 0 Å². The Bertz CT molecular complexity index is 939. The first-order valence-electron chi connectivity index (χ1n) is 7.09.